The summed E-state index contributed by atoms with van der Waals surface area (Å²) >= 11 is 9.91. The summed E-state index contributed by atoms with van der Waals surface area (Å²) in [6, 6.07) is 17.2. The molecule has 0 radical (unpaired) electrons. The van der Waals surface area contributed by atoms with E-state index in [4.69, 9.17) is 25.8 Å². The number of hydrogen-bond acceptors (Lipinski definition) is 5. The monoisotopic (exact) mass is 452 g/mol. The van der Waals surface area contributed by atoms with Crippen molar-refractivity contribution in [1.29, 1.82) is 0 Å². The molecule has 27 heavy (non-hydrogen) atoms. The first kappa shape index (κ1) is 19.9. The molecule has 1 saturated heterocycles. The van der Waals surface area contributed by atoms with Crippen LogP contribution in [0.15, 0.2) is 60.7 Å². The molecule has 7 heteroatoms. The van der Waals surface area contributed by atoms with E-state index in [0.29, 0.717) is 11.1 Å². The minimum absolute atomic E-state index is 0.0924. The molecule has 0 amide bonds. The van der Waals surface area contributed by atoms with Crippen LogP contribution >= 0.6 is 27.5 Å². The molecule has 3 rings (SSSR count). The summed E-state index contributed by atoms with van der Waals surface area (Å²) in [5, 5.41) is -0.569. The molecular formula is C20H18BrClO5. The van der Waals surface area contributed by atoms with Crippen molar-refractivity contribution in [2.24, 2.45) is 0 Å². The molecule has 0 N–H and O–H groups in total. The fraction of sp³-hybridized carbons (Fsp3) is 0.300. The highest BCUT2D eigenvalue weighted by Gasteiger charge is 2.54. The molecule has 0 bridgehead atoms. The topological polar surface area (TPSA) is 61.8 Å². The van der Waals surface area contributed by atoms with E-state index in [1.54, 1.807) is 55.5 Å². The van der Waals surface area contributed by atoms with Crippen LogP contribution in [0.1, 0.15) is 27.6 Å². The number of carbonyl (C=O) groups excluding carboxylic acids is 2. The Morgan fingerprint density at radius 2 is 1.56 bits per heavy atom. The zero-order chi connectivity index (χ0) is 19.4. The SMILES string of the molecule is CC1(Cl)C(Br)OC(COC(=O)c2ccccc2)C1OC(=O)c1ccccc1. The molecule has 0 aliphatic carbocycles. The molecule has 1 heterocycles. The van der Waals surface area contributed by atoms with E-state index in [0.717, 1.165) is 0 Å². The quantitative estimate of drug-likeness (QED) is 0.502. The third-order valence-electron chi connectivity index (χ3n) is 4.26. The van der Waals surface area contributed by atoms with E-state index in [-0.39, 0.29) is 6.61 Å². The third kappa shape index (κ3) is 4.51. The molecule has 5 nitrogen and oxygen atoms in total. The van der Waals surface area contributed by atoms with Crippen LogP contribution < -0.4 is 0 Å². The van der Waals surface area contributed by atoms with Gasteiger partial charge in [0.05, 0.1) is 11.1 Å². The lowest BCUT2D eigenvalue weighted by Crippen LogP contribution is -2.43. The van der Waals surface area contributed by atoms with Crippen molar-refractivity contribution in [3.05, 3.63) is 71.8 Å². The van der Waals surface area contributed by atoms with Crippen LogP contribution in [0, 0.1) is 0 Å². The van der Waals surface area contributed by atoms with Crippen LogP contribution in [0.2, 0.25) is 0 Å². The molecule has 142 valence electrons. The number of alkyl halides is 2. The van der Waals surface area contributed by atoms with E-state index in [1.165, 1.54) is 0 Å². The number of esters is 2. The Morgan fingerprint density at radius 1 is 1.04 bits per heavy atom. The predicted molar refractivity (Wildman–Crippen MR) is 104 cm³/mol. The van der Waals surface area contributed by atoms with Crippen LogP contribution in [0.5, 0.6) is 0 Å². The second-order valence-electron chi connectivity index (χ2n) is 6.30. The number of ether oxygens (including phenoxy) is 3. The fourth-order valence-electron chi connectivity index (χ4n) is 2.74. The second kappa shape index (κ2) is 8.42. The van der Waals surface area contributed by atoms with E-state index in [2.05, 4.69) is 15.9 Å². The van der Waals surface area contributed by atoms with E-state index >= 15 is 0 Å². The van der Waals surface area contributed by atoms with Gasteiger partial charge in [-0.2, -0.15) is 0 Å². The maximum Gasteiger partial charge on any atom is 0.338 e. The summed E-state index contributed by atoms with van der Waals surface area (Å²) in [4.78, 5) is 23.6. The largest absolute Gasteiger partial charge is 0.459 e. The van der Waals surface area contributed by atoms with Gasteiger partial charge in [-0.15, -0.1) is 11.6 Å². The van der Waals surface area contributed by atoms with Gasteiger partial charge in [-0.1, -0.05) is 52.3 Å². The average Bonchev–Trinajstić information content (AvgIpc) is 2.90. The summed E-state index contributed by atoms with van der Waals surface area (Å²) in [6.07, 6.45) is -1.50. The van der Waals surface area contributed by atoms with Crippen molar-refractivity contribution in [2.45, 2.75) is 29.0 Å². The zero-order valence-electron chi connectivity index (χ0n) is 14.5. The molecule has 0 aromatic heterocycles. The van der Waals surface area contributed by atoms with Crippen molar-refractivity contribution in [3.8, 4) is 0 Å². The summed E-state index contributed by atoms with van der Waals surface area (Å²) in [6.45, 7) is 1.61. The van der Waals surface area contributed by atoms with Gasteiger partial charge in [-0.3, -0.25) is 0 Å². The summed E-state index contributed by atoms with van der Waals surface area (Å²) in [5.74, 6) is -1.00. The summed E-state index contributed by atoms with van der Waals surface area (Å²) < 4.78 is 16.7. The van der Waals surface area contributed by atoms with Gasteiger partial charge < -0.3 is 14.2 Å². The zero-order valence-corrected chi connectivity index (χ0v) is 16.9. The first-order chi connectivity index (χ1) is 12.9. The van der Waals surface area contributed by atoms with Crippen LogP contribution in [0.4, 0.5) is 0 Å². The molecule has 0 spiro atoms. The van der Waals surface area contributed by atoms with Crippen LogP contribution in [0.25, 0.3) is 0 Å². The molecular weight excluding hydrogens is 436 g/mol. The lowest BCUT2D eigenvalue weighted by molar-refractivity contribution is -0.0321. The molecule has 4 atom stereocenters. The summed E-state index contributed by atoms with van der Waals surface area (Å²) in [5.41, 5.74) is 0.834. The number of hydrogen-bond donors (Lipinski definition) is 0. The van der Waals surface area contributed by atoms with E-state index in [9.17, 15) is 9.59 Å². The Morgan fingerprint density at radius 3 is 2.11 bits per heavy atom. The number of carbonyl (C=O) groups is 2. The van der Waals surface area contributed by atoms with Gasteiger partial charge in [0.15, 0.2) is 6.10 Å². The Bertz CT molecular complexity index is 797. The number of benzene rings is 2. The molecule has 0 saturated carbocycles. The highest BCUT2D eigenvalue weighted by molar-refractivity contribution is 9.09. The Kier molecular flexibility index (Phi) is 6.19. The van der Waals surface area contributed by atoms with Gasteiger partial charge in [0, 0.05) is 0 Å². The van der Waals surface area contributed by atoms with Gasteiger partial charge >= 0.3 is 11.9 Å². The Labute approximate surface area is 170 Å². The molecule has 2 aromatic carbocycles. The molecule has 1 aliphatic heterocycles. The predicted octanol–water partition coefficient (Wildman–Crippen LogP) is 4.19. The van der Waals surface area contributed by atoms with E-state index < -0.39 is 34.0 Å². The van der Waals surface area contributed by atoms with Crippen molar-refractivity contribution < 1.29 is 23.8 Å². The van der Waals surface area contributed by atoms with Crippen LogP contribution in [-0.2, 0) is 14.2 Å². The fourth-order valence-corrected chi connectivity index (χ4v) is 3.52. The molecule has 2 aromatic rings. The average molecular weight is 454 g/mol. The third-order valence-corrected chi connectivity index (χ3v) is 6.11. The molecule has 1 aliphatic rings. The Balaban J connectivity index is 1.69. The second-order valence-corrected chi connectivity index (χ2v) is 7.94. The van der Waals surface area contributed by atoms with Crippen molar-refractivity contribution in [3.63, 3.8) is 0 Å². The smallest absolute Gasteiger partial charge is 0.338 e. The summed E-state index contributed by atoms with van der Waals surface area (Å²) in [7, 11) is 0. The minimum atomic E-state index is -1.02. The van der Waals surface area contributed by atoms with Crippen molar-refractivity contribution >= 4 is 39.5 Å². The number of halogens is 2. The normalized spacial score (nSPS) is 27.1. The van der Waals surface area contributed by atoms with Gasteiger partial charge in [0.1, 0.15) is 22.6 Å². The maximum absolute atomic E-state index is 12.4. The maximum atomic E-state index is 12.4. The lowest BCUT2D eigenvalue weighted by Gasteiger charge is -2.27. The van der Waals surface area contributed by atoms with Crippen molar-refractivity contribution in [1.82, 2.24) is 0 Å². The van der Waals surface area contributed by atoms with Gasteiger partial charge in [-0.05, 0) is 31.2 Å². The van der Waals surface area contributed by atoms with Crippen molar-refractivity contribution in [2.75, 3.05) is 6.61 Å². The van der Waals surface area contributed by atoms with Gasteiger partial charge in [0.25, 0.3) is 0 Å². The number of rotatable bonds is 5. The first-order valence-corrected chi connectivity index (χ1v) is 9.65. The first-order valence-electron chi connectivity index (χ1n) is 8.36. The Hall–Kier alpha value is -1.89. The highest BCUT2D eigenvalue weighted by atomic mass is 79.9. The van der Waals surface area contributed by atoms with Gasteiger partial charge in [0.2, 0.25) is 0 Å². The van der Waals surface area contributed by atoms with E-state index in [1.807, 2.05) is 12.1 Å². The van der Waals surface area contributed by atoms with Crippen LogP contribution in [-0.4, -0.2) is 40.6 Å². The molecule has 4 unspecified atom stereocenters. The lowest BCUT2D eigenvalue weighted by atomic mass is 10.0. The highest BCUT2D eigenvalue weighted by Crippen LogP contribution is 2.42. The van der Waals surface area contributed by atoms with Crippen LogP contribution in [0.3, 0.4) is 0 Å². The minimum Gasteiger partial charge on any atom is -0.459 e. The van der Waals surface area contributed by atoms with Gasteiger partial charge in [-0.25, -0.2) is 9.59 Å². The molecule has 1 fully saturated rings. The standard InChI is InChI=1S/C20H18BrClO5/c1-20(22)16(27-18(24)14-10-6-3-7-11-14)15(26-19(20)21)12-25-17(23)13-8-4-2-5-9-13/h2-11,15-16,19H,12H2,1H3.